The number of H-pyrrole nitrogens is 2. The summed E-state index contributed by atoms with van der Waals surface area (Å²) in [5.74, 6) is 1.01. The van der Waals surface area contributed by atoms with Crippen LogP contribution in [0.4, 0.5) is 9.59 Å². The zero-order chi connectivity index (χ0) is 38.3. The Labute approximate surface area is 321 Å². The van der Waals surface area contributed by atoms with Gasteiger partial charge in [-0.1, -0.05) is 33.8 Å². The fourth-order valence-corrected chi connectivity index (χ4v) is 9.83. The Hall–Kier alpha value is -4.96. The van der Waals surface area contributed by atoms with Gasteiger partial charge in [0.05, 0.1) is 54.1 Å². The number of nitrogens with zero attached hydrogens (tertiary/aromatic N) is 4. The molecule has 1 unspecified atom stereocenters. The summed E-state index contributed by atoms with van der Waals surface area (Å²) in [5, 5.41) is 5.41. The number of carbonyl (C=O) groups is 4. The van der Waals surface area contributed by atoms with E-state index < -0.39 is 24.3 Å². The van der Waals surface area contributed by atoms with Crippen molar-refractivity contribution in [2.45, 2.75) is 77.5 Å². The van der Waals surface area contributed by atoms with E-state index in [0.717, 1.165) is 69.4 Å². The van der Waals surface area contributed by atoms with Crippen LogP contribution in [0.1, 0.15) is 77.1 Å². The van der Waals surface area contributed by atoms with E-state index in [1.807, 2.05) is 49.8 Å². The number of hydrogen-bond acceptors (Lipinski definition) is 10. The standard InChI is InChI=1S/C38H46N8O6S2/c1-19(2)31(43-37(49)51-5)35(47)45-13-7-9-25(45)33-39-18-24(42-33)28-17-30-29(54-28)16-27(53-30)21-11-12-22-23(15-21)41-34(40-22)26-10-8-14-46(26)36(48)32(20(3)4)44-38(50)52-6/h11-12,15-20,25-26,31-32H,7-10,13-14H2,1-6H3,(H,39,42)(H,40,41)(H,43,49)(H,44,50)/t25-,26?,31-,32+/m1/s1. The van der Waals surface area contributed by atoms with Gasteiger partial charge in [0.1, 0.15) is 23.7 Å². The van der Waals surface area contributed by atoms with Crippen molar-refractivity contribution in [3.63, 3.8) is 0 Å². The van der Waals surface area contributed by atoms with Crippen molar-refractivity contribution in [2.75, 3.05) is 27.3 Å². The molecule has 2 saturated heterocycles. The number of alkyl carbamates (subject to hydrolysis) is 2. The van der Waals surface area contributed by atoms with Crippen molar-refractivity contribution in [2.24, 2.45) is 11.8 Å². The molecule has 16 heteroatoms. The van der Waals surface area contributed by atoms with Gasteiger partial charge in [-0.05, 0) is 67.3 Å². The van der Waals surface area contributed by atoms with Crippen molar-refractivity contribution in [1.82, 2.24) is 40.4 Å². The van der Waals surface area contributed by atoms with E-state index in [2.05, 4.69) is 44.9 Å². The third-order valence-corrected chi connectivity index (χ3v) is 12.7. The first-order valence-corrected chi connectivity index (χ1v) is 20.0. The zero-order valence-corrected chi connectivity index (χ0v) is 32.9. The fourth-order valence-electron chi connectivity index (χ4n) is 7.47. The molecule has 4 atom stereocenters. The number of carbonyl (C=O) groups excluding carboxylic acids is 4. The number of benzene rings is 1. The number of ether oxygens (including phenoxy) is 2. The molecule has 4 aromatic heterocycles. The molecule has 286 valence electrons. The number of aromatic nitrogens is 4. The second kappa shape index (κ2) is 15.4. The lowest BCUT2D eigenvalue weighted by Crippen LogP contribution is -2.51. The summed E-state index contributed by atoms with van der Waals surface area (Å²) in [4.78, 5) is 73.5. The minimum Gasteiger partial charge on any atom is -0.453 e. The molecule has 0 spiro atoms. The van der Waals surface area contributed by atoms with E-state index >= 15 is 0 Å². The van der Waals surface area contributed by atoms with E-state index in [1.165, 1.54) is 23.6 Å². The molecule has 2 aliphatic heterocycles. The van der Waals surface area contributed by atoms with Crippen LogP contribution in [-0.4, -0.2) is 93.1 Å². The lowest BCUT2D eigenvalue weighted by atomic mass is 10.0. The van der Waals surface area contributed by atoms with Gasteiger partial charge in [-0.3, -0.25) is 9.59 Å². The second-order valence-electron chi connectivity index (χ2n) is 14.6. The van der Waals surface area contributed by atoms with Crippen molar-refractivity contribution in [1.29, 1.82) is 0 Å². The second-order valence-corrected chi connectivity index (χ2v) is 16.7. The van der Waals surface area contributed by atoms with Crippen LogP contribution < -0.4 is 10.6 Å². The minimum atomic E-state index is -0.688. The van der Waals surface area contributed by atoms with Gasteiger partial charge in [0.15, 0.2) is 0 Å². The number of thiophene rings is 2. The normalized spacial score (nSPS) is 18.5. The molecule has 0 bridgehead atoms. The highest BCUT2D eigenvalue weighted by molar-refractivity contribution is 7.31. The van der Waals surface area contributed by atoms with E-state index in [1.54, 1.807) is 22.7 Å². The SMILES string of the molecule is COC(=O)N[C@H](C(=O)N1CCCC1c1nc2ccc(-c3cc4sc(-c5cnc([C@H]6CCCN6C(=O)[C@H](NC(=O)OC)C(C)C)[nH]5)cc4s3)cc2[nH]1)C(C)C. The third kappa shape index (κ3) is 7.28. The summed E-state index contributed by atoms with van der Waals surface area (Å²) in [6, 6.07) is 8.81. The first-order valence-electron chi connectivity index (χ1n) is 18.3. The van der Waals surface area contributed by atoms with Crippen LogP contribution in [0.25, 0.3) is 41.4 Å². The number of fused-ring (bicyclic) bond motifs is 2. The molecule has 2 fully saturated rings. The summed E-state index contributed by atoms with van der Waals surface area (Å²) < 4.78 is 11.9. The number of rotatable bonds is 10. The monoisotopic (exact) mass is 774 g/mol. The largest absolute Gasteiger partial charge is 0.453 e. The maximum atomic E-state index is 13.6. The average molecular weight is 775 g/mol. The number of imidazole rings is 2. The van der Waals surface area contributed by atoms with Crippen LogP contribution in [0.5, 0.6) is 0 Å². The summed E-state index contributed by atoms with van der Waals surface area (Å²) in [5.41, 5.74) is 3.71. The van der Waals surface area contributed by atoms with Gasteiger partial charge in [0, 0.05) is 27.4 Å². The Bertz CT molecular complexity index is 2150. The van der Waals surface area contributed by atoms with E-state index in [9.17, 15) is 19.2 Å². The molecule has 4 amide bonds. The first-order chi connectivity index (χ1) is 25.9. The number of methoxy groups -OCH3 is 2. The minimum absolute atomic E-state index is 0.102. The predicted octanol–water partition coefficient (Wildman–Crippen LogP) is 6.98. The summed E-state index contributed by atoms with van der Waals surface area (Å²) in [7, 11) is 2.58. The highest BCUT2D eigenvalue weighted by Crippen LogP contribution is 2.43. The molecule has 5 aromatic rings. The molecular weight excluding hydrogens is 729 g/mol. The molecule has 0 saturated carbocycles. The predicted molar refractivity (Wildman–Crippen MR) is 208 cm³/mol. The molecule has 0 radical (unpaired) electrons. The molecule has 4 N–H and O–H groups in total. The quantitative estimate of drug-likeness (QED) is 0.118. The van der Waals surface area contributed by atoms with Gasteiger partial charge in [0.2, 0.25) is 11.8 Å². The van der Waals surface area contributed by atoms with E-state index in [-0.39, 0.29) is 35.7 Å². The third-order valence-electron chi connectivity index (χ3n) is 10.3. The number of aromatic amines is 2. The smallest absolute Gasteiger partial charge is 0.407 e. The Morgan fingerprint density at radius 2 is 1.33 bits per heavy atom. The van der Waals surface area contributed by atoms with Crippen LogP contribution in [0.3, 0.4) is 0 Å². The van der Waals surface area contributed by atoms with Crippen molar-refractivity contribution < 1.29 is 28.7 Å². The number of amides is 4. The summed E-state index contributed by atoms with van der Waals surface area (Å²) >= 11 is 3.41. The topological polar surface area (TPSA) is 175 Å². The number of likely N-dealkylation sites (tertiary alicyclic amines) is 2. The van der Waals surface area contributed by atoms with Gasteiger partial charge in [-0.15, -0.1) is 22.7 Å². The fraction of sp³-hybridized carbons (Fsp3) is 0.474. The lowest BCUT2D eigenvalue weighted by Gasteiger charge is -2.30. The Balaban J connectivity index is 1.06. The van der Waals surface area contributed by atoms with Crippen LogP contribution in [0.15, 0.2) is 36.5 Å². The molecule has 7 rings (SSSR count). The molecule has 0 aliphatic carbocycles. The highest BCUT2D eigenvalue weighted by Gasteiger charge is 2.39. The van der Waals surface area contributed by atoms with E-state index in [4.69, 9.17) is 19.4 Å². The highest BCUT2D eigenvalue weighted by atomic mass is 32.1. The summed E-state index contributed by atoms with van der Waals surface area (Å²) in [6.07, 6.45) is 3.87. The maximum absolute atomic E-state index is 13.6. The van der Waals surface area contributed by atoms with Crippen LogP contribution in [0, 0.1) is 11.8 Å². The Morgan fingerprint density at radius 1 is 0.778 bits per heavy atom. The molecule has 6 heterocycles. The van der Waals surface area contributed by atoms with Crippen molar-refractivity contribution >= 4 is 67.1 Å². The number of nitrogens with one attached hydrogen (secondary N) is 4. The maximum Gasteiger partial charge on any atom is 0.407 e. The Kier molecular flexibility index (Phi) is 10.7. The molecule has 1 aromatic carbocycles. The average Bonchev–Trinajstić information content (AvgIpc) is 3.99. The lowest BCUT2D eigenvalue weighted by molar-refractivity contribution is -0.136. The van der Waals surface area contributed by atoms with Crippen LogP contribution in [0.2, 0.25) is 0 Å². The molecule has 2 aliphatic rings. The van der Waals surface area contributed by atoms with Gasteiger partial charge in [-0.2, -0.15) is 0 Å². The molecule has 14 nitrogen and oxygen atoms in total. The van der Waals surface area contributed by atoms with Crippen LogP contribution >= 0.6 is 22.7 Å². The van der Waals surface area contributed by atoms with Gasteiger partial charge in [-0.25, -0.2) is 19.6 Å². The van der Waals surface area contributed by atoms with Crippen molar-refractivity contribution in [3.05, 3.63) is 48.2 Å². The Morgan fingerprint density at radius 3 is 1.91 bits per heavy atom. The van der Waals surface area contributed by atoms with Crippen LogP contribution in [-0.2, 0) is 19.1 Å². The van der Waals surface area contributed by atoms with Gasteiger partial charge < -0.3 is 39.9 Å². The summed E-state index contributed by atoms with van der Waals surface area (Å²) in [6.45, 7) is 8.82. The van der Waals surface area contributed by atoms with Gasteiger partial charge >= 0.3 is 12.2 Å². The molecular formula is C38H46N8O6S2. The number of hydrogen-bond donors (Lipinski definition) is 4. The molecule has 54 heavy (non-hydrogen) atoms. The zero-order valence-electron chi connectivity index (χ0n) is 31.2. The first kappa shape index (κ1) is 37.4. The van der Waals surface area contributed by atoms with Gasteiger partial charge in [0.25, 0.3) is 0 Å². The van der Waals surface area contributed by atoms with E-state index in [0.29, 0.717) is 13.1 Å². The van der Waals surface area contributed by atoms with Crippen molar-refractivity contribution in [3.8, 4) is 21.0 Å².